The van der Waals surface area contributed by atoms with Crippen molar-refractivity contribution in [2.45, 2.75) is 31.7 Å². The van der Waals surface area contributed by atoms with Crippen molar-refractivity contribution in [1.29, 1.82) is 0 Å². The van der Waals surface area contributed by atoms with E-state index in [1.54, 1.807) is 0 Å². The van der Waals surface area contributed by atoms with Crippen LogP contribution in [0, 0.1) is 0 Å². The van der Waals surface area contributed by atoms with Crippen LogP contribution < -0.4 is 5.32 Å². The SMILES string of the molecule is C1=CCC(n2cncc2-c2cccc3c2NCC3)CC1. The van der Waals surface area contributed by atoms with Crippen molar-refractivity contribution in [3.63, 3.8) is 0 Å². The van der Waals surface area contributed by atoms with E-state index in [2.05, 4.69) is 45.2 Å². The molecule has 20 heavy (non-hydrogen) atoms. The van der Waals surface area contributed by atoms with Gasteiger partial charge in [-0.15, -0.1) is 0 Å². The van der Waals surface area contributed by atoms with Gasteiger partial charge in [0.2, 0.25) is 0 Å². The zero-order valence-corrected chi connectivity index (χ0v) is 11.5. The summed E-state index contributed by atoms with van der Waals surface area (Å²) in [4.78, 5) is 4.41. The van der Waals surface area contributed by atoms with E-state index >= 15 is 0 Å². The van der Waals surface area contributed by atoms with Crippen LogP contribution in [-0.2, 0) is 6.42 Å². The number of allylic oxidation sites excluding steroid dienone is 2. The molecule has 3 nitrogen and oxygen atoms in total. The van der Waals surface area contributed by atoms with Gasteiger partial charge in [0, 0.05) is 23.8 Å². The summed E-state index contributed by atoms with van der Waals surface area (Å²) in [7, 11) is 0. The van der Waals surface area contributed by atoms with Crippen LogP contribution >= 0.6 is 0 Å². The van der Waals surface area contributed by atoms with Gasteiger partial charge in [0.25, 0.3) is 0 Å². The van der Waals surface area contributed by atoms with Crippen LogP contribution in [-0.4, -0.2) is 16.1 Å². The van der Waals surface area contributed by atoms with Crippen molar-refractivity contribution in [2.75, 3.05) is 11.9 Å². The minimum Gasteiger partial charge on any atom is -0.384 e. The quantitative estimate of drug-likeness (QED) is 0.837. The smallest absolute Gasteiger partial charge is 0.0953 e. The minimum absolute atomic E-state index is 0.551. The van der Waals surface area contributed by atoms with Gasteiger partial charge in [0.15, 0.2) is 0 Å². The number of hydrogen-bond donors (Lipinski definition) is 1. The fraction of sp³-hybridized carbons (Fsp3) is 0.353. The Hall–Kier alpha value is -2.03. The second-order valence-electron chi connectivity index (χ2n) is 5.64. The highest BCUT2D eigenvalue weighted by Crippen LogP contribution is 2.36. The Bertz CT molecular complexity index is 654. The standard InChI is InChI=1S/C17H19N3/c1-2-6-14(7-3-1)20-12-18-11-16(20)15-8-4-5-13-9-10-19-17(13)15/h1-2,4-5,8,11-12,14,19H,3,6-7,9-10H2. The number of anilines is 1. The van der Waals surface area contributed by atoms with Crippen LogP contribution in [0.25, 0.3) is 11.3 Å². The largest absolute Gasteiger partial charge is 0.384 e. The van der Waals surface area contributed by atoms with Gasteiger partial charge in [0.05, 0.1) is 18.2 Å². The van der Waals surface area contributed by atoms with Crippen LogP contribution in [0.5, 0.6) is 0 Å². The Morgan fingerprint density at radius 1 is 1.25 bits per heavy atom. The van der Waals surface area contributed by atoms with Gasteiger partial charge in [0.1, 0.15) is 0 Å². The summed E-state index contributed by atoms with van der Waals surface area (Å²) in [6.45, 7) is 1.05. The fourth-order valence-corrected chi connectivity index (χ4v) is 3.39. The average Bonchev–Trinajstić information content (AvgIpc) is 3.16. The molecule has 0 amide bonds. The van der Waals surface area contributed by atoms with Crippen LogP contribution in [0.15, 0.2) is 42.9 Å². The van der Waals surface area contributed by atoms with E-state index in [0.29, 0.717) is 6.04 Å². The van der Waals surface area contributed by atoms with Crippen molar-refractivity contribution >= 4 is 5.69 Å². The maximum atomic E-state index is 4.41. The third kappa shape index (κ3) is 1.85. The molecule has 1 aliphatic heterocycles. The van der Waals surface area contributed by atoms with E-state index in [-0.39, 0.29) is 0 Å². The first kappa shape index (κ1) is 11.8. The van der Waals surface area contributed by atoms with Crippen molar-refractivity contribution < 1.29 is 0 Å². The molecule has 1 atom stereocenters. The molecule has 4 rings (SSSR count). The topological polar surface area (TPSA) is 29.9 Å². The van der Waals surface area contributed by atoms with Crippen molar-refractivity contribution in [3.05, 3.63) is 48.4 Å². The Balaban J connectivity index is 1.78. The number of aromatic nitrogens is 2. The van der Waals surface area contributed by atoms with Crippen molar-refractivity contribution in [1.82, 2.24) is 9.55 Å². The molecule has 0 fully saturated rings. The summed E-state index contributed by atoms with van der Waals surface area (Å²) in [5, 5.41) is 3.53. The normalized spacial score (nSPS) is 20.7. The van der Waals surface area contributed by atoms with E-state index in [0.717, 1.165) is 19.4 Å². The molecule has 0 radical (unpaired) electrons. The van der Waals surface area contributed by atoms with Gasteiger partial charge >= 0.3 is 0 Å². The summed E-state index contributed by atoms with van der Waals surface area (Å²) in [5.74, 6) is 0. The molecular weight excluding hydrogens is 246 g/mol. The van der Waals surface area contributed by atoms with E-state index < -0.39 is 0 Å². The highest BCUT2D eigenvalue weighted by molar-refractivity contribution is 5.79. The molecule has 0 saturated carbocycles. The molecule has 0 bridgehead atoms. The number of rotatable bonds is 2. The van der Waals surface area contributed by atoms with Crippen LogP contribution in [0.1, 0.15) is 30.9 Å². The van der Waals surface area contributed by atoms with Gasteiger partial charge in [-0.05, 0) is 31.2 Å². The Morgan fingerprint density at radius 2 is 2.25 bits per heavy atom. The first-order valence-electron chi connectivity index (χ1n) is 7.46. The van der Waals surface area contributed by atoms with Gasteiger partial charge in [-0.3, -0.25) is 0 Å². The molecule has 1 unspecified atom stereocenters. The van der Waals surface area contributed by atoms with Crippen LogP contribution in [0.3, 0.4) is 0 Å². The maximum absolute atomic E-state index is 4.41. The van der Waals surface area contributed by atoms with E-state index in [1.807, 2.05) is 12.5 Å². The molecule has 1 aromatic heterocycles. The highest BCUT2D eigenvalue weighted by atomic mass is 15.1. The number of benzene rings is 1. The summed E-state index contributed by atoms with van der Waals surface area (Å²) >= 11 is 0. The summed E-state index contributed by atoms with van der Waals surface area (Å²) in [6, 6.07) is 7.15. The number of fused-ring (bicyclic) bond motifs is 1. The summed E-state index contributed by atoms with van der Waals surface area (Å²) in [5.41, 5.74) is 5.28. The maximum Gasteiger partial charge on any atom is 0.0953 e. The average molecular weight is 265 g/mol. The van der Waals surface area contributed by atoms with Crippen molar-refractivity contribution in [2.24, 2.45) is 0 Å². The minimum atomic E-state index is 0.551. The summed E-state index contributed by atoms with van der Waals surface area (Å²) < 4.78 is 2.36. The van der Waals surface area contributed by atoms with Gasteiger partial charge < -0.3 is 9.88 Å². The molecule has 2 aliphatic rings. The monoisotopic (exact) mass is 265 g/mol. The van der Waals surface area contributed by atoms with Crippen molar-refractivity contribution in [3.8, 4) is 11.3 Å². The number of para-hydroxylation sites is 1. The Labute approximate surface area is 119 Å². The molecule has 0 spiro atoms. The second-order valence-corrected chi connectivity index (χ2v) is 5.64. The molecule has 1 aromatic carbocycles. The Kier molecular flexibility index (Phi) is 2.84. The molecule has 1 N–H and O–H groups in total. The first-order valence-corrected chi connectivity index (χ1v) is 7.46. The lowest BCUT2D eigenvalue weighted by Crippen LogP contribution is -2.11. The molecule has 3 heteroatoms. The lowest BCUT2D eigenvalue weighted by molar-refractivity contribution is 0.464. The number of hydrogen-bond acceptors (Lipinski definition) is 2. The fourth-order valence-electron chi connectivity index (χ4n) is 3.39. The predicted octanol–water partition coefficient (Wildman–Crippen LogP) is 3.80. The molecule has 0 saturated heterocycles. The molecule has 102 valence electrons. The zero-order valence-electron chi connectivity index (χ0n) is 11.5. The van der Waals surface area contributed by atoms with Gasteiger partial charge in [-0.2, -0.15) is 0 Å². The van der Waals surface area contributed by atoms with Crippen LogP contribution in [0.4, 0.5) is 5.69 Å². The molecule has 2 aromatic rings. The van der Waals surface area contributed by atoms with E-state index in [9.17, 15) is 0 Å². The van der Waals surface area contributed by atoms with E-state index in [1.165, 1.54) is 35.3 Å². The van der Waals surface area contributed by atoms with E-state index in [4.69, 9.17) is 0 Å². The van der Waals surface area contributed by atoms with Crippen LogP contribution in [0.2, 0.25) is 0 Å². The third-order valence-electron chi connectivity index (χ3n) is 4.42. The molecule has 1 aliphatic carbocycles. The predicted molar refractivity (Wildman–Crippen MR) is 81.9 cm³/mol. The number of nitrogens with one attached hydrogen (secondary N) is 1. The lowest BCUT2D eigenvalue weighted by Gasteiger charge is -2.22. The third-order valence-corrected chi connectivity index (χ3v) is 4.42. The number of nitrogens with zero attached hydrogens (tertiary/aromatic N) is 2. The first-order chi connectivity index (χ1) is 9.93. The summed E-state index contributed by atoms with van der Waals surface area (Å²) in [6.07, 6.45) is 13.2. The lowest BCUT2D eigenvalue weighted by atomic mass is 10.00. The van der Waals surface area contributed by atoms with Gasteiger partial charge in [-0.25, -0.2) is 4.98 Å². The zero-order chi connectivity index (χ0) is 13.4. The molecule has 2 heterocycles. The second kappa shape index (κ2) is 4.82. The Morgan fingerprint density at radius 3 is 3.15 bits per heavy atom. The number of imidazole rings is 1. The highest BCUT2D eigenvalue weighted by Gasteiger charge is 2.20. The van der Waals surface area contributed by atoms with Gasteiger partial charge in [-0.1, -0.05) is 30.4 Å². The molecular formula is C17H19N3.